The third kappa shape index (κ3) is 5.33. The number of carboxylic acid groups (broad SMARTS) is 1. The molecular formula is C36H37N7O5. The standard InChI is InChI=1S/C36H37N7O5/c1-18(2)31(41-35(45)48-3)34(44)42-27-12-23(27)14-29(42)32-37-16-25(39-32)9-5-19-4-6-21-11-22(8-7-20(21)10-19)26-17-38-33(40-26)30-15-24-13-28(24)43(30)36(46)47/h4,6-8,10-11,16-18,23-24,27-31H,12-15H2,1-3H3,(H,37,39)(H,38,40)(H,41,45)(H,46,47)/t23-,24?,27+,28?,29-,30?,31-/m0/s1. The summed E-state index contributed by atoms with van der Waals surface area (Å²) in [4.78, 5) is 56.7. The predicted molar refractivity (Wildman–Crippen MR) is 175 cm³/mol. The number of likely N-dealkylation sites (tertiary alicyclic amines) is 2. The highest BCUT2D eigenvalue weighted by Crippen LogP contribution is 2.54. The molecule has 4 heterocycles. The van der Waals surface area contributed by atoms with Gasteiger partial charge in [-0.25, -0.2) is 19.6 Å². The van der Waals surface area contributed by atoms with Gasteiger partial charge in [0.25, 0.3) is 0 Å². The molecule has 4 aliphatic rings. The molecule has 2 aromatic heterocycles. The first kappa shape index (κ1) is 30.1. The molecule has 2 aliphatic carbocycles. The number of hydrogen-bond acceptors (Lipinski definition) is 6. The predicted octanol–water partition coefficient (Wildman–Crippen LogP) is 5.21. The second-order valence-corrected chi connectivity index (χ2v) is 13.8. The fourth-order valence-corrected chi connectivity index (χ4v) is 7.71. The monoisotopic (exact) mass is 647 g/mol. The average Bonchev–Trinajstić information content (AvgIpc) is 3.68. The lowest BCUT2D eigenvalue weighted by atomic mass is 10.0. The third-order valence-corrected chi connectivity index (χ3v) is 10.4. The van der Waals surface area contributed by atoms with Gasteiger partial charge in [0.1, 0.15) is 23.4 Å². The molecule has 3 amide bonds. The van der Waals surface area contributed by atoms with Crippen LogP contribution in [-0.4, -0.2) is 78.2 Å². The Kier molecular flexibility index (Phi) is 7.16. The van der Waals surface area contributed by atoms with Gasteiger partial charge < -0.3 is 30.0 Å². The summed E-state index contributed by atoms with van der Waals surface area (Å²) in [7, 11) is 1.29. The molecule has 2 saturated carbocycles. The van der Waals surface area contributed by atoms with Crippen molar-refractivity contribution >= 4 is 28.9 Å². The second-order valence-electron chi connectivity index (χ2n) is 13.8. The van der Waals surface area contributed by atoms with E-state index in [0.29, 0.717) is 29.2 Å². The molecule has 0 radical (unpaired) electrons. The van der Waals surface area contributed by atoms with E-state index in [1.165, 1.54) is 7.11 Å². The van der Waals surface area contributed by atoms with Gasteiger partial charge in [0.05, 0.1) is 37.3 Å². The summed E-state index contributed by atoms with van der Waals surface area (Å²) in [6.45, 7) is 3.82. The highest BCUT2D eigenvalue weighted by molar-refractivity contribution is 5.88. The van der Waals surface area contributed by atoms with Crippen molar-refractivity contribution in [3.8, 4) is 23.1 Å². The number of nitrogens with zero attached hydrogens (tertiary/aromatic N) is 4. The summed E-state index contributed by atoms with van der Waals surface area (Å²) < 4.78 is 4.76. The molecule has 2 aliphatic heterocycles. The van der Waals surface area contributed by atoms with E-state index in [2.05, 4.69) is 49.2 Å². The molecule has 0 spiro atoms. The summed E-state index contributed by atoms with van der Waals surface area (Å²) in [5.74, 6) is 8.51. The summed E-state index contributed by atoms with van der Waals surface area (Å²) in [5.41, 5.74) is 3.36. The Labute approximate surface area is 277 Å². The van der Waals surface area contributed by atoms with Crippen LogP contribution < -0.4 is 5.32 Å². The van der Waals surface area contributed by atoms with Gasteiger partial charge in [0.15, 0.2) is 0 Å². The first-order chi connectivity index (χ1) is 23.2. The fraction of sp³-hybridized carbons (Fsp3) is 0.417. The van der Waals surface area contributed by atoms with Crippen LogP contribution in [0.4, 0.5) is 9.59 Å². The average molecular weight is 648 g/mol. The van der Waals surface area contributed by atoms with E-state index in [0.717, 1.165) is 53.3 Å². The molecule has 4 fully saturated rings. The number of fused-ring (bicyclic) bond motifs is 3. The quantitative estimate of drug-likeness (QED) is 0.209. The maximum atomic E-state index is 13.6. The van der Waals surface area contributed by atoms with Gasteiger partial charge >= 0.3 is 12.2 Å². The maximum absolute atomic E-state index is 13.6. The zero-order chi connectivity index (χ0) is 33.3. The van der Waals surface area contributed by atoms with Crippen LogP contribution >= 0.6 is 0 Å². The van der Waals surface area contributed by atoms with Crippen LogP contribution in [0.5, 0.6) is 0 Å². The van der Waals surface area contributed by atoms with Crippen molar-refractivity contribution in [1.82, 2.24) is 35.1 Å². The number of imidazole rings is 2. The van der Waals surface area contributed by atoms with Crippen molar-refractivity contribution in [2.24, 2.45) is 17.8 Å². The summed E-state index contributed by atoms with van der Waals surface area (Å²) in [5, 5.41) is 14.5. The molecule has 4 N–H and O–H groups in total. The van der Waals surface area contributed by atoms with Crippen LogP contribution in [-0.2, 0) is 9.53 Å². The Bertz CT molecular complexity index is 2010. The van der Waals surface area contributed by atoms with E-state index in [1.807, 2.05) is 43.0 Å². The number of hydrogen-bond donors (Lipinski definition) is 4. The number of rotatable bonds is 6. The lowest BCUT2D eigenvalue weighted by Gasteiger charge is -2.31. The topological polar surface area (TPSA) is 157 Å². The number of alkyl carbamates (subject to hydrolysis) is 1. The Morgan fingerprint density at radius 3 is 2.29 bits per heavy atom. The molecule has 3 unspecified atom stereocenters. The van der Waals surface area contributed by atoms with Crippen molar-refractivity contribution in [1.29, 1.82) is 0 Å². The molecule has 7 atom stereocenters. The summed E-state index contributed by atoms with van der Waals surface area (Å²) >= 11 is 0. The highest BCUT2D eigenvalue weighted by Gasteiger charge is 2.57. The van der Waals surface area contributed by atoms with Crippen LogP contribution in [0.1, 0.15) is 74.5 Å². The Hall–Kier alpha value is -5.31. The van der Waals surface area contributed by atoms with E-state index < -0.39 is 18.2 Å². The first-order valence-corrected chi connectivity index (χ1v) is 16.5. The van der Waals surface area contributed by atoms with Crippen LogP contribution in [0.3, 0.4) is 0 Å². The third-order valence-electron chi connectivity index (χ3n) is 10.4. The molecule has 246 valence electrons. The molecule has 12 heteroatoms. The molecule has 12 nitrogen and oxygen atoms in total. The number of aromatic amines is 2. The van der Waals surface area contributed by atoms with Crippen LogP contribution in [0, 0.1) is 29.6 Å². The number of amides is 3. The minimum absolute atomic E-state index is 0.0983. The molecule has 4 aromatic rings. The molecule has 2 saturated heterocycles. The van der Waals surface area contributed by atoms with Gasteiger partial charge in [-0.15, -0.1) is 0 Å². The Balaban J connectivity index is 0.965. The highest BCUT2D eigenvalue weighted by atomic mass is 16.5. The number of benzene rings is 2. The first-order valence-electron chi connectivity index (χ1n) is 16.5. The zero-order valence-electron chi connectivity index (χ0n) is 26.9. The lowest BCUT2D eigenvalue weighted by Crippen LogP contribution is -2.52. The van der Waals surface area contributed by atoms with E-state index in [9.17, 15) is 19.5 Å². The van der Waals surface area contributed by atoms with Crippen molar-refractivity contribution < 1.29 is 24.2 Å². The van der Waals surface area contributed by atoms with Crippen molar-refractivity contribution in [2.45, 2.75) is 69.7 Å². The molecule has 0 bridgehead atoms. The van der Waals surface area contributed by atoms with E-state index >= 15 is 0 Å². The minimum Gasteiger partial charge on any atom is -0.465 e. The maximum Gasteiger partial charge on any atom is 0.408 e. The van der Waals surface area contributed by atoms with E-state index in [4.69, 9.17) is 4.74 Å². The van der Waals surface area contributed by atoms with E-state index in [1.54, 1.807) is 17.3 Å². The number of carbonyl (C=O) groups excluding carboxylic acids is 2. The number of piperidine rings is 2. The number of methoxy groups -OCH3 is 1. The SMILES string of the molecule is COC(=O)N[C@H](C(=O)N1[C@@H]2C[C@H]2C[C@H]1c1ncc(C#Cc2ccc3cc(-c4cnc(C5CC6CC6N5C(=O)O)[nH]4)ccc3c2)[nH]1)C(C)C. The van der Waals surface area contributed by atoms with Gasteiger partial charge in [-0.2, -0.15) is 0 Å². The molecule has 8 rings (SSSR count). The van der Waals surface area contributed by atoms with Gasteiger partial charge in [-0.1, -0.05) is 38.0 Å². The van der Waals surface area contributed by atoms with Crippen LogP contribution in [0.25, 0.3) is 22.0 Å². The van der Waals surface area contributed by atoms with Crippen molar-refractivity contribution in [2.75, 3.05) is 7.11 Å². The van der Waals surface area contributed by atoms with Gasteiger partial charge in [-0.05, 0) is 78.3 Å². The summed E-state index contributed by atoms with van der Waals surface area (Å²) in [6, 6.07) is 11.4. The summed E-state index contributed by atoms with van der Waals surface area (Å²) in [6.07, 6.45) is 5.56. The minimum atomic E-state index is -0.879. The van der Waals surface area contributed by atoms with Crippen LogP contribution in [0.15, 0.2) is 48.8 Å². The lowest BCUT2D eigenvalue weighted by molar-refractivity contribution is -0.136. The van der Waals surface area contributed by atoms with Gasteiger partial charge in [0, 0.05) is 23.2 Å². The molecule has 48 heavy (non-hydrogen) atoms. The number of ether oxygens (including phenoxy) is 1. The second kappa shape index (κ2) is 11.4. The van der Waals surface area contributed by atoms with Crippen molar-refractivity contribution in [3.05, 3.63) is 71.7 Å². The number of nitrogens with one attached hydrogen (secondary N) is 3. The largest absolute Gasteiger partial charge is 0.465 e. The zero-order valence-corrected chi connectivity index (χ0v) is 26.9. The Morgan fingerprint density at radius 2 is 1.56 bits per heavy atom. The molecule has 2 aromatic carbocycles. The van der Waals surface area contributed by atoms with Gasteiger partial charge in [-0.3, -0.25) is 9.69 Å². The Morgan fingerprint density at radius 1 is 0.896 bits per heavy atom. The number of carbonyl (C=O) groups is 3. The number of H-pyrrole nitrogens is 2. The van der Waals surface area contributed by atoms with Crippen molar-refractivity contribution in [3.63, 3.8) is 0 Å². The normalized spacial score (nSPS) is 25.7. The molecular weight excluding hydrogens is 610 g/mol. The van der Waals surface area contributed by atoms with E-state index in [-0.39, 0.29) is 36.0 Å². The smallest absolute Gasteiger partial charge is 0.408 e. The number of aromatic nitrogens is 4. The van der Waals surface area contributed by atoms with Gasteiger partial charge in [0.2, 0.25) is 5.91 Å². The van der Waals surface area contributed by atoms with Crippen LogP contribution in [0.2, 0.25) is 0 Å². The fourth-order valence-electron chi connectivity index (χ4n) is 7.71.